The van der Waals surface area contributed by atoms with Gasteiger partial charge < -0.3 is 15.3 Å². The van der Waals surface area contributed by atoms with Crippen molar-refractivity contribution in [2.24, 2.45) is 5.16 Å². The maximum absolute atomic E-state index is 14.3. The van der Waals surface area contributed by atoms with Crippen molar-refractivity contribution in [2.75, 3.05) is 13.7 Å². The molecule has 4 nitrogen and oxygen atoms in total. The first kappa shape index (κ1) is 15.6. The van der Waals surface area contributed by atoms with E-state index in [0.29, 0.717) is 5.56 Å². The number of nitrogens with one attached hydrogen (secondary N) is 1. The van der Waals surface area contributed by atoms with E-state index in [-0.39, 0.29) is 29.4 Å². The molecular weight excluding hydrogens is 330 g/mol. The van der Waals surface area contributed by atoms with E-state index in [1.54, 1.807) is 12.1 Å². The first-order chi connectivity index (χ1) is 9.40. The molecule has 1 fully saturated rings. The zero-order chi connectivity index (χ0) is 14.9. The largest absolute Gasteiger partial charge is 0.492 e. The summed E-state index contributed by atoms with van der Waals surface area (Å²) in [6.07, 6.45) is 0.172. The Morgan fingerprint density at radius 3 is 2.80 bits per heavy atom. The zero-order valence-electron chi connectivity index (χ0n) is 10.5. The summed E-state index contributed by atoms with van der Waals surface area (Å²) in [6, 6.07) is 2.65. The number of rotatable bonds is 2. The van der Waals surface area contributed by atoms with Crippen molar-refractivity contribution in [3.63, 3.8) is 0 Å². The van der Waals surface area contributed by atoms with Crippen LogP contribution >= 0.6 is 34.8 Å². The van der Waals surface area contributed by atoms with Gasteiger partial charge in [-0.3, -0.25) is 0 Å². The molecule has 0 amide bonds. The Bertz CT molecular complexity index is 552. The minimum absolute atomic E-state index is 0.0259. The van der Waals surface area contributed by atoms with Crippen LogP contribution in [-0.2, 0) is 0 Å². The Balaban J connectivity index is 2.35. The normalized spacial score (nSPS) is 23.9. The highest BCUT2D eigenvalue weighted by molar-refractivity contribution is 6.59. The fraction of sp³-hybridized carbons (Fsp3) is 0.417. The number of hydrogen-bond donors (Lipinski definition) is 2. The molecule has 2 rings (SSSR count). The molecule has 0 bridgehead atoms. The number of halogens is 4. The van der Waals surface area contributed by atoms with Gasteiger partial charge in [0.15, 0.2) is 15.9 Å². The smallest absolute Gasteiger partial charge is 0.173 e. The monoisotopic (exact) mass is 340 g/mol. The molecular formula is C12H12Cl3FN2O2. The number of benzene rings is 1. The van der Waals surface area contributed by atoms with Gasteiger partial charge in [0.25, 0.3) is 0 Å². The zero-order valence-corrected chi connectivity index (χ0v) is 12.7. The quantitative estimate of drug-likeness (QED) is 0.491. The molecule has 0 radical (unpaired) electrons. The molecule has 20 heavy (non-hydrogen) atoms. The van der Waals surface area contributed by atoms with Crippen LogP contribution in [0, 0.1) is 5.82 Å². The lowest BCUT2D eigenvalue weighted by Crippen LogP contribution is -2.47. The van der Waals surface area contributed by atoms with Crippen molar-refractivity contribution in [2.45, 2.75) is 16.8 Å². The minimum atomic E-state index is -1.31. The lowest BCUT2D eigenvalue weighted by atomic mass is 9.95. The van der Waals surface area contributed by atoms with E-state index >= 15 is 0 Å². The maximum atomic E-state index is 14.3. The van der Waals surface area contributed by atoms with E-state index < -0.39 is 16.2 Å². The molecule has 1 aliphatic heterocycles. The van der Waals surface area contributed by atoms with Crippen LogP contribution in [-0.4, -0.2) is 28.9 Å². The third-order valence-electron chi connectivity index (χ3n) is 3.17. The van der Waals surface area contributed by atoms with Crippen LogP contribution < -0.4 is 10.1 Å². The Morgan fingerprint density at radius 2 is 2.20 bits per heavy atom. The number of piperidine rings is 1. The number of alkyl halides is 2. The van der Waals surface area contributed by atoms with Crippen molar-refractivity contribution in [3.05, 3.63) is 28.5 Å². The Kier molecular flexibility index (Phi) is 4.64. The molecule has 1 saturated heterocycles. The second-order valence-corrected chi connectivity index (χ2v) is 6.26. The SMILES string of the molecule is COc1c(Cl)ccc(C2CC(=NO)C(Cl)(Cl)CN2)c1F. The van der Waals surface area contributed by atoms with E-state index in [0.717, 1.165) is 0 Å². The third-order valence-corrected chi connectivity index (χ3v) is 4.17. The van der Waals surface area contributed by atoms with Gasteiger partial charge in [0, 0.05) is 24.6 Å². The number of ether oxygens (including phenoxy) is 1. The van der Waals surface area contributed by atoms with Crippen LogP contribution in [0.15, 0.2) is 17.3 Å². The summed E-state index contributed by atoms with van der Waals surface area (Å²) >= 11 is 17.8. The average molecular weight is 342 g/mol. The van der Waals surface area contributed by atoms with E-state index in [2.05, 4.69) is 10.5 Å². The fourth-order valence-corrected chi connectivity index (χ4v) is 2.71. The van der Waals surface area contributed by atoms with Gasteiger partial charge in [0.1, 0.15) is 0 Å². The first-order valence-electron chi connectivity index (χ1n) is 5.75. The van der Waals surface area contributed by atoms with Crippen molar-refractivity contribution in [1.29, 1.82) is 0 Å². The molecule has 8 heteroatoms. The molecule has 1 unspecified atom stereocenters. The standard InChI is InChI=1S/C12H12Cl3FN2O2/c1-20-11-7(13)3-2-6(10(11)16)8-4-9(18-19)12(14,15)5-17-8/h2-3,8,17,19H,4-5H2,1H3. The molecule has 1 heterocycles. The number of oxime groups is 1. The average Bonchev–Trinajstić information content (AvgIpc) is 2.40. The first-order valence-corrected chi connectivity index (χ1v) is 6.88. The van der Waals surface area contributed by atoms with Gasteiger partial charge in [-0.1, -0.05) is 46.0 Å². The molecule has 1 aromatic rings. The lowest BCUT2D eigenvalue weighted by Gasteiger charge is -2.33. The molecule has 0 spiro atoms. The fourth-order valence-electron chi connectivity index (χ4n) is 2.11. The van der Waals surface area contributed by atoms with Gasteiger partial charge in [-0.15, -0.1) is 0 Å². The molecule has 1 atom stereocenters. The third kappa shape index (κ3) is 2.81. The highest BCUT2D eigenvalue weighted by atomic mass is 35.5. The second kappa shape index (κ2) is 5.93. The summed E-state index contributed by atoms with van der Waals surface area (Å²) in [6.45, 7) is 0.130. The summed E-state index contributed by atoms with van der Waals surface area (Å²) in [5, 5.41) is 15.2. The van der Waals surface area contributed by atoms with E-state index in [4.69, 9.17) is 44.7 Å². The molecule has 1 aliphatic rings. The summed E-state index contributed by atoms with van der Waals surface area (Å²) in [5.41, 5.74) is 0.522. The predicted octanol–water partition coefficient (Wildman–Crippen LogP) is 3.53. The Labute approximate surface area is 130 Å². The molecule has 110 valence electrons. The van der Waals surface area contributed by atoms with Crippen molar-refractivity contribution in [3.8, 4) is 5.75 Å². The second-order valence-electron chi connectivity index (χ2n) is 4.37. The van der Waals surface area contributed by atoms with Gasteiger partial charge in [-0.25, -0.2) is 4.39 Å². The molecule has 0 aromatic heterocycles. The van der Waals surface area contributed by atoms with Crippen LogP contribution in [0.25, 0.3) is 0 Å². The van der Waals surface area contributed by atoms with Gasteiger partial charge >= 0.3 is 0 Å². The van der Waals surface area contributed by atoms with Crippen LogP contribution in [0.2, 0.25) is 5.02 Å². The van der Waals surface area contributed by atoms with Crippen molar-refractivity contribution >= 4 is 40.5 Å². The predicted molar refractivity (Wildman–Crippen MR) is 77.0 cm³/mol. The van der Waals surface area contributed by atoms with Crippen LogP contribution in [0.4, 0.5) is 4.39 Å². The summed E-state index contributed by atoms with van der Waals surface area (Å²) in [5.74, 6) is -0.589. The lowest BCUT2D eigenvalue weighted by molar-refractivity contribution is 0.311. The van der Waals surface area contributed by atoms with E-state index in [1.807, 2.05) is 0 Å². The maximum Gasteiger partial charge on any atom is 0.173 e. The number of methoxy groups -OCH3 is 1. The number of hydrogen-bond acceptors (Lipinski definition) is 4. The van der Waals surface area contributed by atoms with E-state index in [1.165, 1.54) is 7.11 Å². The highest BCUT2D eigenvalue weighted by Crippen LogP contribution is 2.37. The molecule has 2 N–H and O–H groups in total. The summed E-state index contributed by atoms with van der Waals surface area (Å²) in [7, 11) is 1.34. The highest BCUT2D eigenvalue weighted by Gasteiger charge is 2.39. The Morgan fingerprint density at radius 1 is 1.50 bits per heavy atom. The minimum Gasteiger partial charge on any atom is -0.492 e. The van der Waals surface area contributed by atoms with Crippen molar-refractivity contribution in [1.82, 2.24) is 5.32 Å². The molecule has 1 aromatic carbocycles. The van der Waals surface area contributed by atoms with E-state index in [9.17, 15) is 4.39 Å². The van der Waals surface area contributed by atoms with Crippen molar-refractivity contribution < 1.29 is 14.3 Å². The van der Waals surface area contributed by atoms with Crippen LogP contribution in [0.5, 0.6) is 5.75 Å². The Hall–Kier alpha value is -0.750. The molecule has 0 aliphatic carbocycles. The number of nitrogens with zero attached hydrogens (tertiary/aromatic N) is 1. The topological polar surface area (TPSA) is 53.9 Å². The summed E-state index contributed by atoms with van der Waals surface area (Å²) < 4.78 is 18.0. The van der Waals surface area contributed by atoms with Crippen LogP contribution in [0.3, 0.4) is 0 Å². The van der Waals surface area contributed by atoms with Crippen LogP contribution in [0.1, 0.15) is 18.0 Å². The summed E-state index contributed by atoms with van der Waals surface area (Å²) in [4.78, 5) is 0. The van der Waals surface area contributed by atoms with Gasteiger partial charge in [0.05, 0.1) is 17.8 Å². The van der Waals surface area contributed by atoms with Gasteiger partial charge in [-0.2, -0.15) is 0 Å². The molecule has 0 saturated carbocycles. The van der Waals surface area contributed by atoms with Gasteiger partial charge in [-0.05, 0) is 6.07 Å². The van der Waals surface area contributed by atoms with Gasteiger partial charge in [0.2, 0.25) is 0 Å².